The van der Waals surface area contributed by atoms with Crippen molar-refractivity contribution in [3.8, 4) is 16.8 Å². The molecule has 0 spiro atoms. The maximum absolute atomic E-state index is 14.7. The van der Waals surface area contributed by atoms with Crippen LogP contribution in [0, 0.1) is 17.5 Å². The van der Waals surface area contributed by atoms with Gasteiger partial charge in [-0.25, -0.2) is 32.1 Å². The molecule has 0 bridgehead atoms. The molecule has 3 N–H and O–H groups in total. The summed E-state index contributed by atoms with van der Waals surface area (Å²) in [7, 11) is 1.76. The summed E-state index contributed by atoms with van der Waals surface area (Å²) in [5.74, 6) is -5.09. The predicted molar refractivity (Wildman–Crippen MR) is 154 cm³/mol. The summed E-state index contributed by atoms with van der Waals surface area (Å²) in [5, 5.41) is 16.3. The smallest absolute Gasteiger partial charge is 0.359 e. The standard InChI is InChI=1S/C30H25F3N6O4/c1-34-9-4-10-36-28-37-29(42)39(30(43)38(28)16-20-12-23(32)24(33)13-22(20)31)25-15-35-14-19-7-3-8-21(26(19)25)17-5-2-6-18(11-17)27(40)41/h2-3,5-8,11-15,34H,4,9-10,16H2,1H3,(H,40,41)(H,36,37,42). The highest BCUT2D eigenvalue weighted by Crippen LogP contribution is 2.32. The lowest BCUT2D eigenvalue weighted by Crippen LogP contribution is -2.42. The molecule has 0 fully saturated rings. The molecule has 0 aliphatic rings. The van der Waals surface area contributed by atoms with Crippen molar-refractivity contribution in [2.75, 3.05) is 25.5 Å². The van der Waals surface area contributed by atoms with Crippen molar-refractivity contribution in [2.24, 2.45) is 0 Å². The van der Waals surface area contributed by atoms with Gasteiger partial charge in [-0.3, -0.25) is 9.55 Å². The molecule has 43 heavy (non-hydrogen) atoms. The molecule has 0 unspecified atom stereocenters. The number of anilines is 1. The topological polar surface area (TPSA) is 131 Å². The highest BCUT2D eigenvalue weighted by molar-refractivity contribution is 6.02. The normalized spacial score (nSPS) is 11.2. The number of halogens is 3. The fourth-order valence-corrected chi connectivity index (χ4v) is 4.74. The van der Waals surface area contributed by atoms with Crippen molar-refractivity contribution in [3.05, 3.63) is 117 Å². The Balaban J connectivity index is 1.74. The number of nitrogens with one attached hydrogen (secondary N) is 2. The molecule has 0 amide bonds. The van der Waals surface area contributed by atoms with Gasteiger partial charge in [0, 0.05) is 35.1 Å². The van der Waals surface area contributed by atoms with E-state index in [-0.39, 0.29) is 29.3 Å². The minimum atomic E-state index is -1.39. The van der Waals surface area contributed by atoms with Crippen molar-refractivity contribution in [1.29, 1.82) is 0 Å². The van der Waals surface area contributed by atoms with E-state index in [9.17, 15) is 32.7 Å². The van der Waals surface area contributed by atoms with Gasteiger partial charge in [0.05, 0.1) is 24.0 Å². The first-order chi connectivity index (χ1) is 20.7. The molecule has 3 aromatic carbocycles. The first-order valence-electron chi connectivity index (χ1n) is 13.2. The number of rotatable bonds is 10. The van der Waals surface area contributed by atoms with Crippen LogP contribution in [-0.4, -0.2) is 50.3 Å². The molecular formula is C30H25F3N6O4. The molecule has 13 heteroatoms. The number of aromatic carboxylic acids is 1. The van der Waals surface area contributed by atoms with Crippen LogP contribution in [0.5, 0.6) is 0 Å². The fraction of sp³-hybridized carbons (Fsp3) is 0.167. The quantitative estimate of drug-likeness (QED) is 0.165. The minimum Gasteiger partial charge on any atom is -0.478 e. The van der Waals surface area contributed by atoms with E-state index in [1.807, 2.05) is 0 Å². The van der Waals surface area contributed by atoms with E-state index >= 15 is 0 Å². The van der Waals surface area contributed by atoms with Crippen LogP contribution in [0.1, 0.15) is 22.3 Å². The van der Waals surface area contributed by atoms with E-state index in [4.69, 9.17) is 0 Å². The molecule has 0 saturated heterocycles. The van der Waals surface area contributed by atoms with Crippen LogP contribution < -0.4 is 22.0 Å². The van der Waals surface area contributed by atoms with E-state index in [0.29, 0.717) is 47.0 Å². The van der Waals surface area contributed by atoms with Crippen molar-refractivity contribution in [3.63, 3.8) is 0 Å². The Hall–Kier alpha value is -5.30. The Morgan fingerprint density at radius 2 is 1.72 bits per heavy atom. The van der Waals surface area contributed by atoms with E-state index in [1.54, 1.807) is 37.4 Å². The largest absolute Gasteiger partial charge is 0.478 e. The summed E-state index contributed by atoms with van der Waals surface area (Å²) in [6.07, 6.45) is 3.40. The second kappa shape index (κ2) is 12.3. The summed E-state index contributed by atoms with van der Waals surface area (Å²) in [6, 6.07) is 12.3. The van der Waals surface area contributed by atoms with Gasteiger partial charge in [0.25, 0.3) is 0 Å². The first-order valence-corrected chi connectivity index (χ1v) is 13.2. The number of benzene rings is 3. The lowest BCUT2D eigenvalue weighted by Gasteiger charge is -2.17. The Labute approximate surface area is 242 Å². The molecule has 220 valence electrons. The highest BCUT2D eigenvalue weighted by atomic mass is 19.2. The number of pyridine rings is 1. The van der Waals surface area contributed by atoms with Gasteiger partial charge in [-0.1, -0.05) is 30.3 Å². The van der Waals surface area contributed by atoms with Gasteiger partial charge in [-0.05, 0) is 49.3 Å². The molecule has 5 aromatic rings. The fourth-order valence-electron chi connectivity index (χ4n) is 4.74. The zero-order valence-corrected chi connectivity index (χ0v) is 22.8. The Morgan fingerprint density at radius 3 is 2.49 bits per heavy atom. The molecule has 0 saturated carbocycles. The summed E-state index contributed by atoms with van der Waals surface area (Å²) in [5.41, 5.74) is -1.16. The molecule has 2 aromatic heterocycles. The van der Waals surface area contributed by atoms with Crippen LogP contribution in [0.25, 0.3) is 27.6 Å². The van der Waals surface area contributed by atoms with Crippen LogP contribution in [0.15, 0.2) is 76.6 Å². The molecule has 2 heterocycles. The van der Waals surface area contributed by atoms with E-state index in [2.05, 4.69) is 20.6 Å². The number of aromatic nitrogens is 4. The summed E-state index contributed by atoms with van der Waals surface area (Å²) < 4.78 is 44.1. The SMILES string of the molecule is CNCCCNc1nc(=O)n(-c2cncc3cccc(-c4cccc(C(=O)O)c4)c23)c(=O)n1Cc1cc(F)c(F)cc1F. The van der Waals surface area contributed by atoms with Gasteiger partial charge in [0.15, 0.2) is 11.6 Å². The molecule has 5 rings (SSSR count). The molecule has 0 aliphatic carbocycles. The highest BCUT2D eigenvalue weighted by Gasteiger charge is 2.21. The third-order valence-corrected chi connectivity index (χ3v) is 6.80. The van der Waals surface area contributed by atoms with Gasteiger partial charge >= 0.3 is 17.3 Å². The van der Waals surface area contributed by atoms with Crippen molar-refractivity contribution in [1.82, 2.24) is 24.4 Å². The Bertz CT molecular complexity index is 1970. The minimum absolute atomic E-state index is 0.0357. The third kappa shape index (κ3) is 5.88. The van der Waals surface area contributed by atoms with Gasteiger partial charge in [-0.15, -0.1) is 0 Å². The molecule has 10 nitrogen and oxygen atoms in total. The third-order valence-electron chi connectivity index (χ3n) is 6.80. The van der Waals surface area contributed by atoms with Crippen LogP contribution in [0.2, 0.25) is 0 Å². The molecular weight excluding hydrogens is 565 g/mol. The van der Waals surface area contributed by atoms with Crippen molar-refractivity contribution < 1.29 is 23.1 Å². The second-order valence-corrected chi connectivity index (χ2v) is 9.61. The zero-order valence-electron chi connectivity index (χ0n) is 22.8. The lowest BCUT2D eigenvalue weighted by atomic mass is 9.97. The van der Waals surface area contributed by atoms with Crippen LogP contribution in [0.3, 0.4) is 0 Å². The molecule has 0 aliphatic heterocycles. The number of nitrogens with zero attached hydrogens (tertiary/aromatic N) is 4. The maximum Gasteiger partial charge on any atom is 0.359 e. The average Bonchev–Trinajstić information content (AvgIpc) is 2.99. The zero-order chi connectivity index (χ0) is 30.7. The van der Waals surface area contributed by atoms with Crippen LogP contribution in [0.4, 0.5) is 19.1 Å². The van der Waals surface area contributed by atoms with Gasteiger partial charge in [0.2, 0.25) is 5.95 Å². The summed E-state index contributed by atoms with van der Waals surface area (Å²) in [6.45, 7) is 0.325. The average molecular weight is 591 g/mol. The van der Waals surface area contributed by atoms with Crippen LogP contribution in [-0.2, 0) is 6.54 Å². The van der Waals surface area contributed by atoms with E-state index in [0.717, 1.165) is 9.13 Å². The number of carboxylic acids is 1. The number of hydrogen-bond acceptors (Lipinski definition) is 7. The van der Waals surface area contributed by atoms with Crippen molar-refractivity contribution in [2.45, 2.75) is 13.0 Å². The number of hydrogen-bond donors (Lipinski definition) is 3. The van der Waals surface area contributed by atoms with Gasteiger partial charge in [-0.2, -0.15) is 4.98 Å². The Morgan fingerprint density at radius 1 is 0.953 bits per heavy atom. The summed E-state index contributed by atoms with van der Waals surface area (Å²) in [4.78, 5) is 47.4. The van der Waals surface area contributed by atoms with Gasteiger partial charge < -0.3 is 15.7 Å². The predicted octanol–water partition coefficient (Wildman–Crippen LogP) is 3.79. The van der Waals surface area contributed by atoms with Gasteiger partial charge in [0.1, 0.15) is 5.82 Å². The molecule has 0 radical (unpaired) electrons. The first kappa shape index (κ1) is 29.2. The lowest BCUT2D eigenvalue weighted by molar-refractivity contribution is 0.0697. The van der Waals surface area contributed by atoms with E-state index < -0.39 is 41.3 Å². The number of carbonyl (C=O) groups is 1. The van der Waals surface area contributed by atoms with Crippen molar-refractivity contribution >= 4 is 22.7 Å². The monoisotopic (exact) mass is 590 g/mol. The maximum atomic E-state index is 14.7. The second-order valence-electron chi connectivity index (χ2n) is 9.61. The number of fused-ring (bicyclic) bond motifs is 1. The molecule has 0 atom stereocenters. The van der Waals surface area contributed by atoms with E-state index in [1.165, 1.54) is 24.5 Å². The van der Waals surface area contributed by atoms with Crippen LogP contribution >= 0.6 is 0 Å². The Kier molecular flexibility index (Phi) is 8.34. The summed E-state index contributed by atoms with van der Waals surface area (Å²) >= 11 is 0. The number of carboxylic acid groups (broad SMARTS) is 1.